The summed E-state index contributed by atoms with van der Waals surface area (Å²) in [5.74, 6) is -5.25. The first-order valence-electron chi connectivity index (χ1n) is 37.0. The number of aromatic nitrogens is 5. The number of nitrogens with one attached hydrogen (secondary N) is 5. The first-order chi connectivity index (χ1) is 52.9. The van der Waals surface area contributed by atoms with E-state index < -0.39 is 102 Å². The van der Waals surface area contributed by atoms with Gasteiger partial charge < -0.3 is 90.0 Å². The van der Waals surface area contributed by atoms with Gasteiger partial charge in [-0.25, -0.2) is 28.4 Å². The number of carbonyl (C=O) groups excluding carboxylic acids is 7. The number of aliphatic carboxylic acids is 1. The average Bonchev–Trinajstić information content (AvgIpc) is 1.56. The van der Waals surface area contributed by atoms with E-state index in [9.17, 15) is 68.7 Å². The Morgan fingerprint density at radius 1 is 0.791 bits per heavy atom. The number of carboxylic acid groups (broad SMARTS) is 1. The maximum atomic E-state index is 15.7. The quantitative estimate of drug-likeness (QED) is 0.0195. The van der Waals surface area contributed by atoms with E-state index in [1.807, 2.05) is 67.1 Å². The Morgan fingerprint density at radius 2 is 1.55 bits per heavy atom. The first-order valence-corrected chi connectivity index (χ1v) is 37.0. The second kappa shape index (κ2) is 34.5. The van der Waals surface area contributed by atoms with Gasteiger partial charge in [0.15, 0.2) is 11.7 Å². The zero-order valence-corrected chi connectivity index (χ0v) is 61.6. The molecule has 1 fully saturated rings. The predicted molar refractivity (Wildman–Crippen MR) is 392 cm³/mol. The van der Waals surface area contributed by atoms with E-state index in [2.05, 4.69) is 36.9 Å². The van der Waals surface area contributed by atoms with E-state index >= 15 is 4.39 Å². The number of hydrogen-bond donors (Lipinski definition) is 10. The lowest BCUT2D eigenvalue weighted by Crippen LogP contribution is -2.61. The molecular formula is C78H90FN11O20. The van der Waals surface area contributed by atoms with Crippen LogP contribution in [0.5, 0.6) is 5.75 Å². The molecule has 4 aromatic carbocycles. The maximum Gasteiger partial charge on any atom is 0.407 e. The van der Waals surface area contributed by atoms with Gasteiger partial charge in [0.05, 0.1) is 72.8 Å². The molecule has 4 aliphatic heterocycles. The summed E-state index contributed by atoms with van der Waals surface area (Å²) in [7, 11) is 1.54. The Labute approximate surface area is 631 Å². The number of cyclic esters (lactones) is 1. The topological polar surface area (TPSA) is 422 Å². The van der Waals surface area contributed by atoms with Crippen molar-refractivity contribution in [2.75, 3.05) is 44.9 Å². The standard InChI is InChI=1S/C78H90FN11O20/c1-6-78(104)51-34-57-65-49(38-89(57)73(99)50(51)40-107-76(78)102)64-53(24-23-46-42(4)52(79)35-55(84-65)63(46)64)85-77(103)108-39-43-22-25-58(109-75-70(97)68(95)69(96)71(110-75)74(100)101)45(33-43)36-82-59(91)26-29-81-72(98)54(18-13-14-28-80-60(92)27-30-106-32-31-105-5)83-61(93)20-11-12-21-62(94)88-37-44-15-7-8-16-47(44)66-67(90(41(2)3)87-86-66)48-17-9-10-19-56(48)88/h7-10,15-17,19,22,25,33-35,41,53-54,68-71,75,95-97,104H,6,11-14,18,20-21,23-24,26-32,36-40H2,1-5H3,(H,80,92)(H,81,98)(H,82,91)(H,83,93)(H,85,103)(H,100,101)/t53-,54-,68-,69-,70+,71-,75+,78-/m0/s1. The lowest BCUT2D eigenvalue weighted by molar-refractivity contribution is -0.271. The number of amides is 6. The number of carboxylic acids is 1. The number of fused-ring (bicyclic) bond motifs is 10. The number of para-hydroxylation sites is 1. The number of pyridine rings is 2. The van der Waals surface area contributed by atoms with Crippen LogP contribution in [0.1, 0.15) is 154 Å². The summed E-state index contributed by atoms with van der Waals surface area (Å²) in [6.07, 6.45) is -8.85. The molecule has 0 bridgehead atoms. The second-order valence-electron chi connectivity index (χ2n) is 28.2. The predicted octanol–water partition coefficient (Wildman–Crippen LogP) is 5.27. The molecule has 12 rings (SSSR count). The highest BCUT2D eigenvalue weighted by atomic mass is 19.1. The summed E-state index contributed by atoms with van der Waals surface area (Å²) in [4.78, 5) is 129. The third kappa shape index (κ3) is 16.8. The Balaban J connectivity index is 0.699. The molecule has 1 aliphatic carbocycles. The van der Waals surface area contributed by atoms with E-state index in [-0.39, 0.29) is 142 Å². The van der Waals surface area contributed by atoms with Gasteiger partial charge in [-0.05, 0) is 124 Å². The highest BCUT2D eigenvalue weighted by Crippen LogP contribution is 2.47. The van der Waals surface area contributed by atoms with Crippen LogP contribution >= 0.6 is 0 Å². The molecule has 32 heteroatoms. The minimum absolute atomic E-state index is 0.0209. The molecule has 10 N–H and O–H groups in total. The minimum Gasteiger partial charge on any atom is -0.479 e. The molecule has 0 spiro atoms. The number of nitrogens with zero attached hydrogens (tertiary/aromatic N) is 6. The van der Waals surface area contributed by atoms with Gasteiger partial charge in [0.25, 0.3) is 5.56 Å². The van der Waals surface area contributed by atoms with E-state index in [0.29, 0.717) is 89.9 Å². The summed E-state index contributed by atoms with van der Waals surface area (Å²) in [6, 6.07) is 20.6. The number of carbonyl (C=O) groups is 8. The Morgan fingerprint density at radius 3 is 2.33 bits per heavy atom. The van der Waals surface area contributed by atoms with Gasteiger partial charge in [-0.15, -0.1) is 5.10 Å². The molecule has 8 atom stereocenters. The van der Waals surface area contributed by atoms with Gasteiger partial charge in [0.2, 0.25) is 35.8 Å². The van der Waals surface area contributed by atoms with Crippen molar-refractivity contribution in [2.24, 2.45) is 0 Å². The third-order valence-electron chi connectivity index (χ3n) is 20.7. The number of aryl methyl sites for hydroxylation is 1. The number of esters is 1. The SMILES string of the molecule is CC[C@@]1(O)C(=O)OCc2c1cc1n(c2=O)Cc2c-1nc1cc(F)c(C)c3c1c2[C@@H](NC(=O)OCc1ccc(O[C@@H]2O[C@H](C(=O)O)[C@@H](O)[C@H](O)[C@H]2O)c(CNC(=O)CCNC(=O)[C@H](CCCCNC(=O)CCOCCOC)NC(=O)CCCCC(=O)N2Cc4ccccc4-c4nnn(C(C)C)c4-c4ccccc42)c1)CC3. The van der Waals surface area contributed by atoms with E-state index in [4.69, 9.17) is 33.4 Å². The fraction of sp³-hybridized carbons (Fsp3) is 0.462. The van der Waals surface area contributed by atoms with Gasteiger partial charge in [0.1, 0.15) is 54.8 Å². The number of hydrogen-bond acceptors (Lipinski definition) is 22. The number of alkyl carbamates (subject to hydrolysis) is 1. The number of methoxy groups -OCH3 is 1. The molecule has 6 amide bonds. The van der Waals surface area contributed by atoms with Crippen molar-refractivity contribution in [1.29, 1.82) is 0 Å². The lowest BCUT2D eigenvalue weighted by Gasteiger charge is -2.38. The Bertz CT molecular complexity index is 4760. The Hall–Kier alpha value is -10.6. The zero-order chi connectivity index (χ0) is 78.2. The smallest absolute Gasteiger partial charge is 0.407 e. The van der Waals surface area contributed by atoms with Crippen LogP contribution < -0.4 is 41.8 Å². The molecule has 3 aromatic heterocycles. The van der Waals surface area contributed by atoms with Gasteiger partial charge in [-0.2, -0.15) is 0 Å². The summed E-state index contributed by atoms with van der Waals surface area (Å²) < 4.78 is 51.8. The first kappa shape index (κ1) is 79.0. The van der Waals surface area contributed by atoms with Crippen LogP contribution in [0, 0.1) is 12.7 Å². The van der Waals surface area contributed by atoms with Gasteiger partial charge in [-0.3, -0.25) is 28.8 Å². The van der Waals surface area contributed by atoms with Crippen molar-refractivity contribution in [3.8, 4) is 39.7 Å². The van der Waals surface area contributed by atoms with Crippen molar-refractivity contribution >= 4 is 64.2 Å². The summed E-state index contributed by atoms with van der Waals surface area (Å²) in [5.41, 5.74) is 5.77. The monoisotopic (exact) mass is 1520 g/mol. The average molecular weight is 1520 g/mol. The number of rotatable bonds is 31. The van der Waals surface area contributed by atoms with Gasteiger partial charge >= 0.3 is 18.0 Å². The number of halogens is 1. The third-order valence-corrected chi connectivity index (χ3v) is 20.7. The van der Waals surface area contributed by atoms with Crippen molar-refractivity contribution in [1.82, 2.24) is 51.1 Å². The van der Waals surface area contributed by atoms with Crippen molar-refractivity contribution in [2.45, 2.75) is 192 Å². The highest BCUT2D eigenvalue weighted by Gasteiger charge is 2.49. The van der Waals surface area contributed by atoms with E-state index in [0.717, 1.165) is 28.1 Å². The van der Waals surface area contributed by atoms with Crippen LogP contribution in [-0.2, 0) is 102 Å². The number of ether oxygens (including phenoxy) is 6. The van der Waals surface area contributed by atoms with Crippen LogP contribution in [0.4, 0.5) is 14.9 Å². The maximum absolute atomic E-state index is 15.7. The fourth-order valence-electron chi connectivity index (χ4n) is 14.8. The van der Waals surface area contributed by atoms with Crippen molar-refractivity contribution < 1.29 is 96.7 Å². The molecule has 7 heterocycles. The normalized spacial score (nSPS) is 19.6. The number of aliphatic hydroxyl groups excluding tert-OH is 3. The molecule has 0 saturated carbocycles. The zero-order valence-electron chi connectivity index (χ0n) is 61.6. The summed E-state index contributed by atoms with van der Waals surface area (Å²) >= 11 is 0. The number of benzene rings is 4. The molecule has 584 valence electrons. The molecule has 7 aromatic rings. The number of anilines is 1. The van der Waals surface area contributed by atoms with Crippen LogP contribution in [0.15, 0.2) is 83.7 Å². The van der Waals surface area contributed by atoms with Crippen molar-refractivity contribution in [3.63, 3.8) is 0 Å². The highest BCUT2D eigenvalue weighted by molar-refractivity contribution is 6.00. The van der Waals surface area contributed by atoms with E-state index in [1.54, 1.807) is 25.9 Å². The largest absolute Gasteiger partial charge is 0.479 e. The lowest BCUT2D eigenvalue weighted by atomic mass is 9.81. The number of aliphatic hydroxyl groups is 4. The minimum atomic E-state index is -2.11. The molecular weight excluding hydrogens is 1430 g/mol. The molecule has 5 aliphatic rings. The summed E-state index contributed by atoms with van der Waals surface area (Å²) in [5, 5.41) is 77.2. The van der Waals surface area contributed by atoms with Gasteiger partial charge in [0, 0.05) is 97.7 Å². The number of unbranched alkanes of at least 4 members (excludes halogenated alkanes) is 2. The van der Waals surface area contributed by atoms with Crippen LogP contribution in [0.2, 0.25) is 0 Å². The Kier molecular flexibility index (Phi) is 24.8. The van der Waals surface area contributed by atoms with Crippen LogP contribution in [-0.4, -0.2) is 174 Å². The molecule has 0 unspecified atom stereocenters. The van der Waals surface area contributed by atoms with E-state index in [1.165, 1.54) is 34.9 Å². The molecule has 1 saturated heterocycles. The van der Waals surface area contributed by atoms with Crippen LogP contribution in [0.25, 0.3) is 44.8 Å². The fourth-order valence-corrected chi connectivity index (χ4v) is 14.8. The van der Waals surface area contributed by atoms with Crippen molar-refractivity contribution in [3.05, 3.63) is 145 Å². The molecule has 0 radical (unpaired) electrons. The molecule has 31 nitrogen and oxygen atoms in total. The summed E-state index contributed by atoms with van der Waals surface area (Å²) in [6.45, 7) is 7.36. The second-order valence-corrected chi connectivity index (χ2v) is 28.2. The molecule has 110 heavy (non-hydrogen) atoms. The van der Waals surface area contributed by atoms with Crippen LogP contribution in [0.3, 0.4) is 0 Å². The van der Waals surface area contributed by atoms with Gasteiger partial charge in [-0.1, -0.05) is 60.7 Å².